The highest BCUT2D eigenvalue weighted by atomic mass is 16.5. The van der Waals surface area contributed by atoms with Crippen molar-refractivity contribution in [2.75, 3.05) is 27.2 Å². The molecule has 1 aliphatic carbocycles. The Bertz CT molecular complexity index is 487. The molecule has 1 N–H and O–H groups in total. The van der Waals surface area contributed by atoms with Crippen LogP contribution in [0.25, 0.3) is 0 Å². The van der Waals surface area contributed by atoms with Gasteiger partial charge in [0, 0.05) is 13.6 Å². The van der Waals surface area contributed by atoms with Crippen LogP contribution in [0.1, 0.15) is 29.5 Å². The Morgan fingerprint density at radius 1 is 1.33 bits per heavy atom. The first-order valence-electron chi connectivity index (χ1n) is 7.60. The summed E-state index contributed by atoms with van der Waals surface area (Å²) in [6, 6.07) is 4.18. The van der Waals surface area contributed by atoms with Gasteiger partial charge in [-0.1, -0.05) is 12.1 Å². The summed E-state index contributed by atoms with van der Waals surface area (Å²) in [5.74, 6) is 1.87. The number of hydrogen-bond acceptors (Lipinski definition) is 3. The van der Waals surface area contributed by atoms with Crippen molar-refractivity contribution in [1.82, 2.24) is 10.2 Å². The molecule has 1 fully saturated rings. The van der Waals surface area contributed by atoms with Gasteiger partial charge in [0.05, 0.1) is 13.7 Å². The summed E-state index contributed by atoms with van der Waals surface area (Å²) in [6.45, 7) is 6.11. The van der Waals surface area contributed by atoms with Gasteiger partial charge in [0.2, 0.25) is 5.91 Å². The Hall–Kier alpha value is -1.55. The van der Waals surface area contributed by atoms with Crippen LogP contribution in [0.15, 0.2) is 12.1 Å². The predicted molar refractivity (Wildman–Crippen MR) is 84.5 cm³/mol. The standard InChI is InChI=1S/C17H26N2O2/c1-12-7-15(8-13(2)17(12)21-4)11-19(3)16(20)10-18-9-14-5-6-14/h7-8,14,18H,5-6,9-11H2,1-4H3. The number of methoxy groups -OCH3 is 1. The number of hydrogen-bond donors (Lipinski definition) is 1. The van der Waals surface area contributed by atoms with E-state index in [0.29, 0.717) is 13.1 Å². The third kappa shape index (κ3) is 4.46. The maximum absolute atomic E-state index is 12.1. The van der Waals surface area contributed by atoms with Crippen LogP contribution in [0.3, 0.4) is 0 Å². The highest BCUT2D eigenvalue weighted by Gasteiger charge is 2.21. The molecule has 0 aromatic heterocycles. The number of ether oxygens (including phenoxy) is 1. The van der Waals surface area contributed by atoms with Gasteiger partial charge in [0.1, 0.15) is 5.75 Å². The van der Waals surface area contributed by atoms with Crippen LogP contribution in [0.2, 0.25) is 0 Å². The van der Waals surface area contributed by atoms with E-state index >= 15 is 0 Å². The second-order valence-corrected chi connectivity index (χ2v) is 6.09. The van der Waals surface area contributed by atoms with Gasteiger partial charge in [-0.05, 0) is 55.8 Å². The normalized spacial score (nSPS) is 14.1. The topological polar surface area (TPSA) is 41.6 Å². The van der Waals surface area contributed by atoms with Crippen molar-refractivity contribution in [3.05, 3.63) is 28.8 Å². The highest BCUT2D eigenvalue weighted by molar-refractivity contribution is 5.78. The van der Waals surface area contributed by atoms with Crippen LogP contribution in [0.5, 0.6) is 5.75 Å². The number of nitrogens with zero attached hydrogens (tertiary/aromatic N) is 1. The minimum Gasteiger partial charge on any atom is -0.496 e. The lowest BCUT2D eigenvalue weighted by Crippen LogP contribution is -2.35. The average molecular weight is 290 g/mol. The van der Waals surface area contributed by atoms with E-state index in [1.54, 1.807) is 12.0 Å². The van der Waals surface area contributed by atoms with Crippen molar-refractivity contribution >= 4 is 5.91 Å². The zero-order valence-electron chi connectivity index (χ0n) is 13.5. The molecule has 1 amide bonds. The van der Waals surface area contributed by atoms with Crippen molar-refractivity contribution in [1.29, 1.82) is 0 Å². The molecule has 0 atom stereocenters. The average Bonchev–Trinajstić information content (AvgIpc) is 3.22. The van der Waals surface area contributed by atoms with Gasteiger partial charge in [0.25, 0.3) is 0 Å². The quantitative estimate of drug-likeness (QED) is 0.837. The van der Waals surface area contributed by atoms with E-state index in [-0.39, 0.29) is 5.91 Å². The molecule has 0 bridgehead atoms. The fourth-order valence-electron chi connectivity index (χ4n) is 2.66. The smallest absolute Gasteiger partial charge is 0.236 e. The van der Waals surface area contributed by atoms with Crippen molar-refractivity contribution in [3.63, 3.8) is 0 Å². The van der Waals surface area contributed by atoms with Crippen molar-refractivity contribution in [2.45, 2.75) is 33.2 Å². The van der Waals surface area contributed by atoms with Gasteiger partial charge < -0.3 is 15.0 Å². The molecular weight excluding hydrogens is 264 g/mol. The Balaban J connectivity index is 1.88. The van der Waals surface area contributed by atoms with E-state index in [0.717, 1.165) is 34.9 Å². The molecular formula is C17H26N2O2. The number of carbonyl (C=O) groups is 1. The molecule has 4 nitrogen and oxygen atoms in total. The molecule has 1 saturated carbocycles. The van der Waals surface area contributed by atoms with E-state index in [4.69, 9.17) is 4.74 Å². The second kappa shape index (κ2) is 6.94. The summed E-state index contributed by atoms with van der Waals surface area (Å²) >= 11 is 0. The molecule has 0 unspecified atom stereocenters. The molecule has 0 spiro atoms. The Morgan fingerprint density at radius 2 is 1.95 bits per heavy atom. The van der Waals surface area contributed by atoms with Crippen LogP contribution < -0.4 is 10.1 Å². The van der Waals surface area contributed by atoms with E-state index < -0.39 is 0 Å². The third-order valence-electron chi connectivity index (χ3n) is 3.98. The van der Waals surface area contributed by atoms with E-state index in [1.807, 2.05) is 20.9 Å². The number of rotatable bonds is 7. The van der Waals surface area contributed by atoms with Gasteiger partial charge in [-0.15, -0.1) is 0 Å². The van der Waals surface area contributed by atoms with Gasteiger partial charge in [-0.2, -0.15) is 0 Å². The van der Waals surface area contributed by atoms with Crippen LogP contribution in [-0.2, 0) is 11.3 Å². The molecule has 116 valence electrons. The van der Waals surface area contributed by atoms with Gasteiger partial charge in [0.15, 0.2) is 0 Å². The number of likely N-dealkylation sites (N-methyl/N-ethyl adjacent to an activating group) is 1. The first-order valence-corrected chi connectivity index (χ1v) is 7.60. The summed E-state index contributed by atoms with van der Waals surface area (Å²) < 4.78 is 5.37. The summed E-state index contributed by atoms with van der Waals surface area (Å²) in [5, 5.41) is 3.24. The Morgan fingerprint density at radius 3 is 2.48 bits per heavy atom. The zero-order chi connectivity index (χ0) is 15.4. The first-order chi connectivity index (χ1) is 10.0. The Kier molecular flexibility index (Phi) is 5.23. The summed E-state index contributed by atoms with van der Waals surface area (Å²) in [6.07, 6.45) is 2.61. The van der Waals surface area contributed by atoms with E-state index in [1.165, 1.54) is 12.8 Å². The van der Waals surface area contributed by atoms with Crippen molar-refractivity contribution in [2.24, 2.45) is 5.92 Å². The highest BCUT2D eigenvalue weighted by Crippen LogP contribution is 2.27. The van der Waals surface area contributed by atoms with E-state index in [2.05, 4.69) is 17.4 Å². The second-order valence-electron chi connectivity index (χ2n) is 6.09. The number of amides is 1. The number of nitrogens with one attached hydrogen (secondary N) is 1. The summed E-state index contributed by atoms with van der Waals surface area (Å²) in [4.78, 5) is 13.9. The molecule has 21 heavy (non-hydrogen) atoms. The van der Waals surface area contributed by atoms with Crippen molar-refractivity contribution < 1.29 is 9.53 Å². The molecule has 1 aliphatic rings. The molecule has 0 aliphatic heterocycles. The molecule has 1 aromatic rings. The maximum Gasteiger partial charge on any atom is 0.236 e. The zero-order valence-corrected chi connectivity index (χ0v) is 13.5. The minimum absolute atomic E-state index is 0.141. The van der Waals surface area contributed by atoms with Crippen LogP contribution in [0, 0.1) is 19.8 Å². The van der Waals surface area contributed by atoms with E-state index in [9.17, 15) is 4.79 Å². The molecule has 2 rings (SSSR count). The lowest BCUT2D eigenvalue weighted by atomic mass is 10.1. The number of carbonyl (C=O) groups excluding carboxylic acids is 1. The molecule has 1 aromatic carbocycles. The minimum atomic E-state index is 0.141. The Labute approximate surface area is 127 Å². The first kappa shape index (κ1) is 15.8. The molecule has 4 heteroatoms. The van der Waals surface area contributed by atoms with Gasteiger partial charge >= 0.3 is 0 Å². The van der Waals surface area contributed by atoms with Gasteiger partial charge in [-0.3, -0.25) is 4.79 Å². The molecule has 0 heterocycles. The fourth-order valence-corrected chi connectivity index (χ4v) is 2.66. The SMILES string of the molecule is COc1c(C)cc(CN(C)C(=O)CNCC2CC2)cc1C. The largest absolute Gasteiger partial charge is 0.496 e. The summed E-state index contributed by atoms with van der Waals surface area (Å²) in [7, 11) is 3.55. The van der Waals surface area contributed by atoms with Crippen molar-refractivity contribution in [3.8, 4) is 5.75 Å². The van der Waals surface area contributed by atoms with Crippen LogP contribution >= 0.6 is 0 Å². The third-order valence-corrected chi connectivity index (χ3v) is 3.98. The maximum atomic E-state index is 12.1. The predicted octanol–water partition coefficient (Wildman–Crippen LogP) is 2.27. The van der Waals surface area contributed by atoms with Crippen LogP contribution in [-0.4, -0.2) is 38.1 Å². The van der Waals surface area contributed by atoms with Crippen LogP contribution in [0.4, 0.5) is 0 Å². The lowest BCUT2D eigenvalue weighted by Gasteiger charge is -2.19. The monoisotopic (exact) mass is 290 g/mol. The lowest BCUT2D eigenvalue weighted by molar-refractivity contribution is -0.129. The number of aryl methyl sites for hydroxylation is 2. The number of benzene rings is 1. The summed E-state index contributed by atoms with van der Waals surface area (Å²) in [5.41, 5.74) is 3.37. The van der Waals surface area contributed by atoms with Gasteiger partial charge in [-0.25, -0.2) is 0 Å². The molecule has 0 radical (unpaired) electrons. The molecule has 0 saturated heterocycles. The fraction of sp³-hybridized carbons (Fsp3) is 0.588.